The van der Waals surface area contributed by atoms with Gasteiger partial charge in [0.15, 0.2) is 0 Å². The first-order chi connectivity index (χ1) is 19.1. The Morgan fingerprint density at radius 2 is 1.93 bits per heavy atom. The van der Waals surface area contributed by atoms with Gasteiger partial charge >= 0.3 is 0 Å². The second-order valence-corrected chi connectivity index (χ2v) is 12.9. The van der Waals surface area contributed by atoms with Crippen molar-refractivity contribution in [3.05, 3.63) is 63.8 Å². The van der Waals surface area contributed by atoms with Crippen LogP contribution in [0.5, 0.6) is 0 Å². The van der Waals surface area contributed by atoms with Crippen molar-refractivity contribution in [3.63, 3.8) is 0 Å². The zero-order chi connectivity index (χ0) is 28.9. The second kappa shape index (κ2) is 13.3. The Bertz CT molecular complexity index is 1460. The Kier molecular flexibility index (Phi) is 10.1. The number of morpholine rings is 1. The Morgan fingerprint density at radius 1 is 1.23 bits per heavy atom. The maximum atomic E-state index is 15.1. The number of carbonyl (C=O) groups is 1. The first-order valence-corrected chi connectivity index (χ1v) is 15.4. The molecule has 0 saturated carbocycles. The fourth-order valence-electron chi connectivity index (χ4n) is 4.21. The Balaban J connectivity index is 1.80. The molecule has 0 aliphatic carbocycles. The predicted molar refractivity (Wildman–Crippen MR) is 153 cm³/mol. The molecule has 0 radical (unpaired) electrons. The minimum atomic E-state index is -3.75. The summed E-state index contributed by atoms with van der Waals surface area (Å²) < 4.78 is 49.4. The molecule has 0 bridgehead atoms. The van der Waals surface area contributed by atoms with Crippen molar-refractivity contribution < 1.29 is 22.9 Å². The molecule has 1 unspecified atom stereocenters. The number of halogens is 4. The summed E-state index contributed by atoms with van der Waals surface area (Å²) in [5.41, 5.74) is 0.947. The van der Waals surface area contributed by atoms with Crippen LogP contribution in [0.15, 0.2) is 47.4 Å². The number of carbonyl (C=O) groups excluding carboxylic acids is 1. The van der Waals surface area contributed by atoms with Gasteiger partial charge in [0.05, 0.1) is 48.5 Å². The molecule has 1 saturated heterocycles. The van der Waals surface area contributed by atoms with Gasteiger partial charge in [-0.1, -0.05) is 35.0 Å². The van der Waals surface area contributed by atoms with E-state index in [-0.39, 0.29) is 34.7 Å². The summed E-state index contributed by atoms with van der Waals surface area (Å²) in [5.74, 6) is -3.00. The molecule has 9 nitrogen and oxygen atoms in total. The third-order valence-corrected chi connectivity index (χ3v) is 10.2. The number of alkyl halides is 2. The van der Waals surface area contributed by atoms with Crippen molar-refractivity contribution in [2.75, 3.05) is 36.7 Å². The quantitative estimate of drug-likeness (QED) is 0.200. The van der Waals surface area contributed by atoms with Crippen molar-refractivity contribution in [3.8, 4) is 6.07 Å². The molecular weight excluding hydrogens is 604 g/mol. The molecule has 1 aromatic heterocycles. The van der Waals surface area contributed by atoms with E-state index in [1.807, 2.05) is 0 Å². The van der Waals surface area contributed by atoms with Crippen LogP contribution in [0.4, 0.5) is 20.3 Å². The van der Waals surface area contributed by atoms with Gasteiger partial charge in [0, 0.05) is 28.7 Å². The highest BCUT2D eigenvalue weighted by molar-refractivity contribution is 7.99. The average Bonchev–Trinajstić information content (AvgIpc) is 3.23. The smallest absolute Gasteiger partial charge is 0.288 e. The number of hydrogen-bond donors (Lipinski definition) is 2. The van der Waals surface area contributed by atoms with Crippen LogP contribution >= 0.6 is 42.4 Å². The van der Waals surface area contributed by atoms with Crippen LogP contribution in [0.3, 0.4) is 0 Å². The molecule has 212 valence electrons. The number of nitrogens with one attached hydrogen (secondary N) is 2. The highest BCUT2D eigenvalue weighted by atomic mass is 35.5. The van der Waals surface area contributed by atoms with Crippen molar-refractivity contribution in [2.45, 2.75) is 30.5 Å². The lowest BCUT2D eigenvalue weighted by molar-refractivity contribution is 0.0729. The van der Waals surface area contributed by atoms with E-state index >= 15 is 4.57 Å². The Morgan fingerprint density at radius 3 is 2.55 bits per heavy atom. The lowest BCUT2D eigenvalue weighted by atomic mass is 10.2. The molecule has 3 aromatic rings. The molecule has 1 aliphatic rings. The number of amides is 1. The van der Waals surface area contributed by atoms with Crippen molar-refractivity contribution >= 4 is 65.1 Å². The van der Waals surface area contributed by atoms with E-state index in [4.69, 9.17) is 27.9 Å². The van der Waals surface area contributed by atoms with Gasteiger partial charge in [0.1, 0.15) is 11.1 Å². The monoisotopic (exact) mass is 628 g/mol. The molecule has 40 heavy (non-hydrogen) atoms. The van der Waals surface area contributed by atoms with Gasteiger partial charge < -0.3 is 15.1 Å². The summed E-state index contributed by atoms with van der Waals surface area (Å²) in [4.78, 5) is 13.7. The number of rotatable bonds is 10. The summed E-state index contributed by atoms with van der Waals surface area (Å²) in [7, 11) is -3.75. The minimum absolute atomic E-state index is 0.0870. The average molecular weight is 629 g/mol. The van der Waals surface area contributed by atoms with E-state index in [1.54, 1.807) is 23.7 Å². The van der Waals surface area contributed by atoms with Crippen LogP contribution in [-0.2, 0) is 15.8 Å². The van der Waals surface area contributed by atoms with E-state index < -0.39 is 19.1 Å². The third kappa shape index (κ3) is 6.97. The summed E-state index contributed by atoms with van der Waals surface area (Å²) in [5, 5.41) is 20.4. The van der Waals surface area contributed by atoms with Crippen LogP contribution in [0, 0.1) is 18.3 Å². The van der Waals surface area contributed by atoms with Crippen LogP contribution in [-0.4, -0.2) is 52.4 Å². The van der Waals surface area contributed by atoms with E-state index in [1.165, 1.54) is 35.0 Å². The van der Waals surface area contributed by atoms with Gasteiger partial charge in [0.2, 0.25) is 0 Å². The van der Waals surface area contributed by atoms with Crippen LogP contribution in [0.25, 0.3) is 0 Å². The lowest BCUT2D eigenvalue weighted by Gasteiger charge is -2.35. The fraction of sp³-hybridized carbons (Fsp3) is 0.320. The number of hydrogen-bond acceptors (Lipinski definition) is 6. The van der Waals surface area contributed by atoms with E-state index in [9.17, 15) is 18.8 Å². The number of ether oxygens (including phenoxy) is 1. The molecule has 1 atom stereocenters. The molecule has 15 heteroatoms. The zero-order valence-corrected chi connectivity index (χ0v) is 24.5. The minimum Gasteiger partial charge on any atom is -0.379 e. The Hall–Kier alpha value is -2.65. The topological polar surface area (TPSA) is 112 Å². The highest BCUT2D eigenvalue weighted by Crippen LogP contribution is 2.51. The first kappa shape index (κ1) is 30.3. The number of benzene rings is 2. The maximum absolute atomic E-state index is 15.1. The molecule has 1 aliphatic heterocycles. The zero-order valence-electron chi connectivity index (χ0n) is 21.2. The number of thioether (sulfide) groups is 1. The molecule has 0 spiro atoms. The van der Waals surface area contributed by atoms with E-state index in [0.29, 0.717) is 59.4 Å². The normalized spacial score (nSPS) is 15.4. The maximum Gasteiger partial charge on any atom is 0.288 e. The third-order valence-electron chi connectivity index (χ3n) is 5.99. The predicted octanol–water partition coefficient (Wildman–Crippen LogP) is 6.24. The number of anilines is 2. The number of nitrogens with zero attached hydrogens (tertiary/aromatic N) is 4. The Labute approximate surface area is 244 Å². The largest absolute Gasteiger partial charge is 0.379 e. The van der Waals surface area contributed by atoms with Crippen molar-refractivity contribution in [1.29, 1.82) is 5.26 Å². The van der Waals surface area contributed by atoms with E-state index in [2.05, 4.69) is 21.6 Å². The second-order valence-electron chi connectivity index (χ2n) is 8.65. The first-order valence-electron chi connectivity index (χ1n) is 12.1. The summed E-state index contributed by atoms with van der Waals surface area (Å²) in [6, 6.07) is 12.7. The van der Waals surface area contributed by atoms with Gasteiger partial charge in [-0.3, -0.25) is 9.36 Å². The standard InChI is InChI=1S/C25H25Cl2F2N6O3PS/c1-16-22(23(35(32-16)10-2-9-30)31-24(36)20-8-3-17(26)15-21(20)27)39(37,34-11-13-38-14-12-34)33-18-4-6-19(7-5-18)40-25(28)29/h3-8,15,25H,2,10-14H2,1H3,(H,31,36)(H,33,37). The number of aryl methyl sites for hydroxylation is 2. The molecule has 4 rings (SSSR count). The molecule has 2 aromatic carbocycles. The molecular formula is C25H25Cl2F2N6O3PS. The van der Waals surface area contributed by atoms with E-state index in [0.717, 1.165) is 0 Å². The van der Waals surface area contributed by atoms with Crippen LogP contribution in [0.2, 0.25) is 10.0 Å². The van der Waals surface area contributed by atoms with Gasteiger partial charge in [-0.2, -0.15) is 19.1 Å². The molecule has 1 amide bonds. The number of nitriles is 1. The van der Waals surface area contributed by atoms with Crippen molar-refractivity contribution in [2.24, 2.45) is 0 Å². The molecule has 1 fully saturated rings. The summed E-state index contributed by atoms with van der Waals surface area (Å²) >= 11 is 12.7. The lowest BCUT2D eigenvalue weighted by Crippen LogP contribution is -2.40. The van der Waals surface area contributed by atoms with Gasteiger partial charge in [-0.05, 0) is 49.4 Å². The summed E-state index contributed by atoms with van der Waals surface area (Å²) in [6.45, 7) is 3.11. The van der Waals surface area contributed by atoms with Crippen LogP contribution < -0.4 is 15.7 Å². The fourth-order valence-corrected chi connectivity index (χ4v) is 7.91. The van der Waals surface area contributed by atoms with Gasteiger partial charge in [-0.25, -0.2) is 9.35 Å². The molecule has 2 N–H and O–H groups in total. The SMILES string of the molecule is Cc1nn(CCC#N)c(NC(=O)c2ccc(Cl)cc2Cl)c1P(=O)(Nc1ccc(SC(F)F)cc1)N1CCOCC1. The number of aromatic nitrogens is 2. The van der Waals surface area contributed by atoms with Gasteiger partial charge in [-0.15, -0.1) is 0 Å². The molecule has 2 heterocycles. The van der Waals surface area contributed by atoms with Crippen molar-refractivity contribution in [1.82, 2.24) is 14.5 Å². The highest BCUT2D eigenvalue weighted by Gasteiger charge is 2.40. The van der Waals surface area contributed by atoms with Gasteiger partial charge in [0.25, 0.3) is 19.1 Å². The van der Waals surface area contributed by atoms with Crippen LogP contribution in [0.1, 0.15) is 22.5 Å². The summed E-state index contributed by atoms with van der Waals surface area (Å²) in [6.07, 6.45) is 0.0870.